The van der Waals surface area contributed by atoms with E-state index in [2.05, 4.69) is 36.0 Å². The minimum Gasteiger partial charge on any atom is -0.463 e. The van der Waals surface area contributed by atoms with E-state index in [1.807, 2.05) is 44.2 Å². The number of rotatable bonds is 13. The largest absolute Gasteiger partial charge is 0.463 e. The number of anilines is 1. The smallest absolute Gasteiger partial charge is 0.328 e. The minimum absolute atomic E-state index is 0.219. The van der Waals surface area contributed by atoms with Crippen LogP contribution in [0.5, 0.6) is 0 Å². The number of likely N-dealkylation sites (N-methyl/N-ethyl adjacent to an activating group) is 1. The molecule has 0 spiro atoms. The maximum absolute atomic E-state index is 13.2. The highest BCUT2D eigenvalue weighted by molar-refractivity contribution is 6.40. The van der Waals surface area contributed by atoms with Crippen molar-refractivity contribution < 1.29 is 14.3 Å². The Kier molecular flexibility index (Phi) is 11.6. The zero-order valence-corrected chi connectivity index (χ0v) is 25.0. The SMILES string of the molecule is C=C(N[C@@H](Cc1ccc(NC(=O)c2c(Cl)cccc2Cl)cc1)C(=O)OCCN(CC)CC)c1c(C)cccc1C. The van der Waals surface area contributed by atoms with Gasteiger partial charge in [-0.05, 0) is 67.9 Å². The van der Waals surface area contributed by atoms with Crippen molar-refractivity contribution >= 4 is 46.5 Å². The molecule has 0 radical (unpaired) electrons. The maximum atomic E-state index is 13.2. The second kappa shape index (κ2) is 14.9. The molecule has 0 aliphatic heterocycles. The number of benzene rings is 3. The van der Waals surface area contributed by atoms with Crippen LogP contribution in [0.15, 0.2) is 67.2 Å². The van der Waals surface area contributed by atoms with E-state index in [9.17, 15) is 9.59 Å². The van der Waals surface area contributed by atoms with Crippen LogP contribution in [-0.2, 0) is 16.0 Å². The molecular formula is C32H37Cl2N3O3. The summed E-state index contributed by atoms with van der Waals surface area (Å²) in [5.74, 6) is -0.741. The predicted molar refractivity (Wildman–Crippen MR) is 165 cm³/mol. The lowest BCUT2D eigenvalue weighted by Crippen LogP contribution is -2.40. The molecule has 8 heteroatoms. The summed E-state index contributed by atoms with van der Waals surface area (Å²) in [6.07, 6.45) is 0.374. The maximum Gasteiger partial charge on any atom is 0.328 e. The Morgan fingerprint density at radius 2 is 1.48 bits per heavy atom. The Morgan fingerprint density at radius 3 is 2.05 bits per heavy atom. The number of carbonyl (C=O) groups is 2. The summed E-state index contributed by atoms with van der Waals surface area (Å²) in [5, 5.41) is 6.71. The van der Waals surface area contributed by atoms with Crippen molar-refractivity contribution in [3.63, 3.8) is 0 Å². The number of nitrogens with one attached hydrogen (secondary N) is 2. The number of ether oxygens (including phenoxy) is 1. The first-order chi connectivity index (χ1) is 19.1. The zero-order chi connectivity index (χ0) is 29.2. The Hall–Kier alpha value is -3.32. The number of hydrogen-bond acceptors (Lipinski definition) is 5. The molecule has 0 heterocycles. The van der Waals surface area contributed by atoms with Gasteiger partial charge >= 0.3 is 5.97 Å². The Morgan fingerprint density at radius 1 is 0.900 bits per heavy atom. The Labute approximate surface area is 247 Å². The fourth-order valence-corrected chi connectivity index (χ4v) is 5.12. The summed E-state index contributed by atoms with van der Waals surface area (Å²) < 4.78 is 5.69. The van der Waals surface area contributed by atoms with Gasteiger partial charge in [0.1, 0.15) is 12.6 Å². The van der Waals surface area contributed by atoms with Gasteiger partial charge in [0.25, 0.3) is 5.91 Å². The van der Waals surface area contributed by atoms with E-state index in [4.69, 9.17) is 27.9 Å². The highest BCUT2D eigenvalue weighted by Crippen LogP contribution is 2.26. The van der Waals surface area contributed by atoms with Gasteiger partial charge in [0, 0.05) is 29.9 Å². The number of carbonyl (C=O) groups excluding carboxylic acids is 2. The van der Waals surface area contributed by atoms with Crippen LogP contribution >= 0.6 is 23.2 Å². The van der Waals surface area contributed by atoms with Crippen LogP contribution in [0.25, 0.3) is 5.70 Å². The molecular weight excluding hydrogens is 545 g/mol. The Bertz CT molecular complexity index is 1300. The minimum atomic E-state index is -0.648. The number of amides is 1. The molecule has 1 atom stereocenters. The van der Waals surface area contributed by atoms with Crippen molar-refractivity contribution in [2.24, 2.45) is 0 Å². The van der Waals surface area contributed by atoms with Crippen LogP contribution in [0.1, 0.15) is 46.5 Å². The lowest BCUT2D eigenvalue weighted by Gasteiger charge is -2.23. The van der Waals surface area contributed by atoms with Gasteiger partial charge in [-0.3, -0.25) is 4.79 Å². The van der Waals surface area contributed by atoms with Crippen LogP contribution in [-0.4, -0.2) is 49.1 Å². The van der Waals surface area contributed by atoms with Crippen LogP contribution in [0.2, 0.25) is 10.0 Å². The van der Waals surface area contributed by atoms with Gasteiger partial charge in [0.2, 0.25) is 0 Å². The molecule has 1 amide bonds. The molecule has 3 aromatic rings. The molecule has 6 nitrogen and oxygen atoms in total. The van der Waals surface area contributed by atoms with Gasteiger partial charge < -0.3 is 20.3 Å². The van der Waals surface area contributed by atoms with Crippen molar-refractivity contribution in [2.75, 3.05) is 31.6 Å². The normalized spacial score (nSPS) is 11.7. The lowest BCUT2D eigenvalue weighted by atomic mass is 9.99. The molecule has 0 saturated carbocycles. The molecule has 0 saturated heterocycles. The fraction of sp³-hybridized carbons (Fsp3) is 0.312. The predicted octanol–water partition coefficient (Wildman–Crippen LogP) is 6.92. The summed E-state index contributed by atoms with van der Waals surface area (Å²) in [7, 11) is 0. The molecule has 3 rings (SSSR count). The zero-order valence-electron chi connectivity index (χ0n) is 23.5. The average Bonchev–Trinajstić information content (AvgIpc) is 2.91. The van der Waals surface area contributed by atoms with Gasteiger partial charge in [0.05, 0.1) is 15.6 Å². The topological polar surface area (TPSA) is 70.7 Å². The number of hydrogen-bond donors (Lipinski definition) is 2. The lowest BCUT2D eigenvalue weighted by molar-refractivity contribution is -0.146. The van der Waals surface area contributed by atoms with Crippen molar-refractivity contribution in [3.05, 3.63) is 105 Å². The van der Waals surface area contributed by atoms with Crippen molar-refractivity contribution in [1.29, 1.82) is 0 Å². The average molecular weight is 583 g/mol. The van der Waals surface area contributed by atoms with Gasteiger partial charge in [-0.25, -0.2) is 4.79 Å². The molecule has 0 unspecified atom stereocenters. The first kappa shape index (κ1) is 31.2. The highest BCUT2D eigenvalue weighted by Gasteiger charge is 2.23. The standard InChI is InChI=1S/C32H37Cl2N3O3/c1-6-37(7-2)18-19-40-32(39)28(35-23(5)29-21(3)10-8-11-22(29)4)20-24-14-16-25(17-15-24)36-31(38)30-26(33)12-9-13-27(30)34/h8-17,28,35H,5-7,18-20H2,1-4H3,(H,36,38)/t28-/m0/s1. The summed E-state index contributed by atoms with van der Waals surface area (Å²) in [6, 6.07) is 17.6. The monoisotopic (exact) mass is 581 g/mol. The van der Waals surface area contributed by atoms with E-state index >= 15 is 0 Å². The third-order valence-corrected chi connectivity index (χ3v) is 7.43. The first-order valence-corrected chi connectivity index (χ1v) is 14.1. The van der Waals surface area contributed by atoms with Gasteiger partial charge in [0.15, 0.2) is 0 Å². The van der Waals surface area contributed by atoms with Crippen molar-refractivity contribution in [2.45, 2.75) is 40.2 Å². The summed E-state index contributed by atoms with van der Waals surface area (Å²) in [6.45, 7) is 15.2. The number of halogens is 2. The molecule has 0 fully saturated rings. The first-order valence-electron chi connectivity index (χ1n) is 13.4. The second-order valence-electron chi connectivity index (χ2n) is 9.59. The van der Waals surface area contributed by atoms with Crippen molar-refractivity contribution in [3.8, 4) is 0 Å². The van der Waals surface area contributed by atoms with Gasteiger partial charge in [-0.15, -0.1) is 0 Å². The van der Waals surface area contributed by atoms with Crippen LogP contribution < -0.4 is 10.6 Å². The van der Waals surface area contributed by atoms with E-state index in [0.717, 1.165) is 35.3 Å². The number of nitrogens with zero attached hydrogens (tertiary/aromatic N) is 1. The molecule has 212 valence electrons. The highest BCUT2D eigenvalue weighted by atomic mass is 35.5. The summed E-state index contributed by atoms with van der Waals surface area (Å²) >= 11 is 12.3. The van der Waals surface area contributed by atoms with Gasteiger partial charge in [-0.2, -0.15) is 0 Å². The molecule has 0 aliphatic carbocycles. The number of aryl methyl sites for hydroxylation is 2. The van der Waals surface area contributed by atoms with E-state index < -0.39 is 11.9 Å². The van der Waals surface area contributed by atoms with E-state index in [0.29, 0.717) is 31.0 Å². The molecule has 40 heavy (non-hydrogen) atoms. The molecule has 0 aliphatic rings. The quantitative estimate of drug-likeness (QED) is 0.214. The summed E-state index contributed by atoms with van der Waals surface area (Å²) in [5.41, 5.74) is 5.49. The van der Waals surface area contributed by atoms with Crippen LogP contribution in [0.3, 0.4) is 0 Å². The van der Waals surface area contributed by atoms with Crippen LogP contribution in [0.4, 0.5) is 5.69 Å². The molecule has 0 aromatic heterocycles. The third-order valence-electron chi connectivity index (χ3n) is 6.80. The van der Waals surface area contributed by atoms with Gasteiger partial charge in [-0.1, -0.05) is 80.0 Å². The third kappa shape index (κ3) is 8.34. The van der Waals surface area contributed by atoms with E-state index in [1.165, 1.54) is 0 Å². The molecule has 0 bridgehead atoms. The fourth-order valence-electron chi connectivity index (χ4n) is 4.55. The summed E-state index contributed by atoms with van der Waals surface area (Å²) in [4.78, 5) is 28.2. The van der Waals surface area contributed by atoms with E-state index in [-0.39, 0.29) is 21.6 Å². The second-order valence-corrected chi connectivity index (χ2v) is 10.4. The molecule has 3 aromatic carbocycles. The number of esters is 1. The molecule has 2 N–H and O–H groups in total. The Balaban J connectivity index is 1.75. The van der Waals surface area contributed by atoms with Crippen molar-refractivity contribution in [1.82, 2.24) is 10.2 Å². The van der Waals surface area contributed by atoms with Crippen LogP contribution in [0, 0.1) is 13.8 Å². The van der Waals surface area contributed by atoms with E-state index in [1.54, 1.807) is 30.3 Å².